The highest BCUT2D eigenvalue weighted by Crippen LogP contribution is 2.32. The lowest BCUT2D eigenvalue weighted by Gasteiger charge is -2.13. The van der Waals surface area contributed by atoms with Crippen molar-refractivity contribution < 1.29 is 4.74 Å². The summed E-state index contributed by atoms with van der Waals surface area (Å²) in [5.41, 5.74) is 1.06. The Labute approximate surface area is 83.7 Å². The molecule has 0 bridgehead atoms. The SMILES string of the molecule is CC(OC1CC1)c1cc[c]cc1Cl. The minimum absolute atomic E-state index is 0.106. The minimum Gasteiger partial charge on any atom is -0.371 e. The van der Waals surface area contributed by atoms with Gasteiger partial charge in [0.1, 0.15) is 0 Å². The van der Waals surface area contributed by atoms with Crippen LogP contribution in [0.2, 0.25) is 5.02 Å². The van der Waals surface area contributed by atoms with Crippen LogP contribution < -0.4 is 0 Å². The van der Waals surface area contributed by atoms with E-state index in [0.29, 0.717) is 6.10 Å². The van der Waals surface area contributed by atoms with Gasteiger partial charge in [-0.3, -0.25) is 0 Å². The van der Waals surface area contributed by atoms with Crippen molar-refractivity contribution in [1.82, 2.24) is 0 Å². The van der Waals surface area contributed by atoms with Crippen molar-refractivity contribution in [1.29, 1.82) is 0 Å². The molecule has 0 saturated heterocycles. The molecule has 1 aromatic carbocycles. The first kappa shape index (κ1) is 9.04. The average Bonchev–Trinajstić information content (AvgIpc) is 2.89. The first-order valence-electron chi connectivity index (χ1n) is 4.58. The van der Waals surface area contributed by atoms with Gasteiger partial charge in [0.25, 0.3) is 0 Å². The van der Waals surface area contributed by atoms with E-state index in [1.54, 1.807) is 6.07 Å². The van der Waals surface area contributed by atoms with Crippen LogP contribution in [0.3, 0.4) is 0 Å². The second-order valence-electron chi connectivity index (χ2n) is 3.43. The van der Waals surface area contributed by atoms with E-state index in [9.17, 15) is 0 Å². The van der Waals surface area contributed by atoms with Crippen LogP contribution in [0, 0.1) is 6.07 Å². The summed E-state index contributed by atoms with van der Waals surface area (Å²) in [6.07, 6.45) is 2.96. The molecule has 2 rings (SSSR count). The van der Waals surface area contributed by atoms with E-state index in [1.165, 1.54) is 12.8 Å². The maximum Gasteiger partial charge on any atom is 0.0814 e. The molecular weight excluding hydrogens is 184 g/mol. The molecule has 1 aliphatic rings. The Kier molecular flexibility index (Phi) is 2.56. The summed E-state index contributed by atoms with van der Waals surface area (Å²) in [5, 5.41) is 0.746. The number of benzene rings is 1. The Morgan fingerprint density at radius 1 is 1.62 bits per heavy atom. The molecule has 1 aliphatic carbocycles. The molecule has 1 saturated carbocycles. The average molecular weight is 196 g/mol. The van der Waals surface area contributed by atoms with Crippen molar-refractivity contribution in [3.8, 4) is 0 Å². The van der Waals surface area contributed by atoms with Crippen LogP contribution in [0.4, 0.5) is 0 Å². The summed E-state index contributed by atoms with van der Waals surface area (Å²) in [5.74, 6) is 0. The molecule has 1 radical (unpaired) electrons. The molecule has 1 nitrogen and oxygen atoms in total. The quantitative estimate of drug-likeness (QED) is 0.719. The lowest BCUT2D eigenvalue weighted by molar-refractivity contribution is 0.0520. The molecule has 0 spiro atoms. The molecule has 0 aromatic heterocycles. The van der Waals surface area contributed by atoms with Gasteiger partial charge >= 0.3 is 0 Å². The van der Waals surface area contributed by atoms with E-state index in [-0.39, 0.29) is 6.10 Å². The summed E-state index contributed by atoms with van der Waals surface area (Å²) in [6.45, 7) is 2.04. The van der Waals surface area contributed by atoms with E-state index in [0.717, 1.165) is 10.6 Å². The zero-order chi connectivity index (χ0) is 9.26. The fraction of sp³-hybridized carbons (Fsp3) is 0.455. The summed E-state index contributed by atoms with van der Waals surface area (Å²) < 4.78 is 5.73. The van der Waals surface area contributed by atoms with Crippen molar-refractivity contribution in [3.05, 3.63) is 34.9 Å². The Morgan fingerprint density at radius 3 is 3.00 bits per heavy atom. The van der Waals surface area contributed by atoms with Gasteiger partial charge < -0.3 is 4.74 Å². The molecule has 0 amide bonds. The van der Waals surface area contributed by atoms with E-state index in [1.807, 2.05) is 19.1 Å². The molecule has 0 heterocycles. The lowest BCUT2D eigenvalue weighted by atomic mass is 10.1. The Bertz CT molecular complexity index is 294. The maximum atomic E-state index is 6.01. The normalized spacial score (nSPS) is 18.6. The van der Waals surface area contributed by atoms with Gasteiger partial charge in [0.2, 0.25) is 0 Å². The topological polar surface area (TPSA) is 9.23 Å². The molecule has 0 aliphatic heterocycles. The van der Waals surface area contributed by atoms with Gasteiger partial charge in [0, 0.05) is 5.02 Å². The zero-order valence-corrected chi connectivity index (χ0v) is 8.34. The smallest absolute Gasteiger partial charge is 0.0814 e. The number of halogens is 1. The Balaban J connectivity index is 2.09. The van der Waals surface area contributed by atoms with Gasteiger partial charge in [-0.25, -0.2) is 0 Å². The van der Waals surface area contributed by atoms with Crippen molar-refractivity contribution >= 4 is 11.6 Å². The molecule has 13 heavy (non-hydrogen) atoms. The van der Waals surface area contributed by atoms with Crippen molar-refractivity contribution in [2.45, 2.75) is 32.0 Å². The van der Waals surface area contributed by atoms with Crippen LogP contribution in [0.25, 0.3) is 0 Å². The lowest BCUT2D eigenvalue weighted by Crippen LogP contribution is -2.01. The van der Waals surface area contributed by atoms with Crippen LogP contribution in [0.5, 0.6) is 0 Å². The number of ether oxygens (including phenoxy) is 1. The van der Waals surface area contributed by atoms with Crippen LogP contribution in [-0.2, 0) is 4.74 Å². The van der Waals surface area contributed by atoms with E-state index in [2.05, 4.69) is 6.07 Å². The fourth-order valence-corrected chi connectivity index (χ4v) is 1.60. The van der Waals surface area contributed by atoms with Crippen molar-refractivity contribution in [2.24, 2.45) is 0 Å². The Morgan fingerprint density at radius 2 is 2.38 bits per heavy atom. The first-order chi connectivity index (χ1) is 6.27. The summed E-state index contributed by atoms with van der Waals surface area (Å²) in [7, 11) is 0. The molecule has 1 atom stereocenters. The third-order valence-corrected chi connectivity index (χ3v) is 2.53. The van der Waals surface area contributed by atoms with Gasteiger partial charge in [0.05, 0.1) is 12.2 Å². The predicted octanol–water partition coefficient (Wildman–Crippen LogP) is 3.38. The van der Waals surface area contributed by atoms with Crippen LogP contribution in [0.15, 0.2) is 18.2 Å². The van der Waals surface area contributed by atoms with Gasteiger partial charge in [-0.15, -0.1) is 0 Å². The molecule has 0 N–H and O–H groups in total. The monoisotopic (exact) mass is 195 g/mol. The predicted molar refractivity (Wildman–Crippen MR) is 52.8 cm³/mol. The number of rotatable bonds is 3. The van der Waals surface area contributed by atoms with E-state index < -0.39 is 0 Å². The molecule has 1 aromatic rings. The fourth-order valence-electron chi connectivity index (χ4n) is 1.32. The highest BCUT2D eigenvalue weighted by molar-refractivity contribution is 6.31. The van der Waals surface area contributed by atoms with Gasteiger partial charge in [-0.05, 0) is 37.5 Å². The van der Waals surface area contributed by atoms with Crippen LogP contribution in [0.1, 0.15) is 31.4 Å². The molecular formula is C11H12ClO. The highest BCUT2D eigenvalue weighted by atomic mass is 35.5. The molecule has 69 valence electrons. The van der Waals surface area contributed by atoms with Gasteiger partial charge in [0.15, 0.2) is 0 Å². The standard InChI is InChI=1S/C11H12ClO/c1-8(13-9-6-7-9)10-4-2-3-5-11(10)12/h2,4-5,8-9H,6-7H2,1H3. The van der Waals surface area contributed by atoms with Crippen molar-refractivity contribution in [3.63, 3.8) is 0 Å². The largest absolute Gasteiger partial charge is 0.371 e. The van der Waals surface area contributed by atoms with Crippen molar-refractivity contribution in [2.75, 3.05) is 0 Å². The van der Waals surface area contributed by atoms with Gasteiger partial charge in [-0.2, -0.15) is 0 Å². The third kappa shape index (κ3) is 2.23. The number of hydrogen-bond acceptors (Lipinski definition) is 1. The second kappa shape index (κ2) is 3.69. The summed E-state index contributed by atoms with van der Waals surface area (Å²) >= 11 is 6.01. The van der Waals surface area contributed by atoms with Crippen LogP contribution in [-0.4, -0.2) is 6.10 Å². The zero-order valence-electron chi connectivity index (χ0n) is 7.59. The molecule has 1 unspecified atom stereocenters. The summed E-state index contributed by atoms with van der Waals surface area (Å²) in [6, 6.07) is 8.56. The third-order valence-electron chi connectivity index (χ3n) is 2.20. The first-order valence-corrected chi connectivity index (χ1v) is 4.96. The van der Waals surface area contributed by atoms with E-state index in [4.69, 9.17) is 16.3 Å². The maximum absolute atomic E-state index is 6.01. The molecule has 2 heteroatoms. The summed E-state index contributed by atoms with van der Waals surface area (Å²) in [4.78, 5) is 0. The highest BCUT2D eigenvalue weighted by Gasteiger charge is 2.25. The van der Waals surface area contributed by atoms with Gasteiger partial charge in [-0.1, -0.05) is 23.7 Å². The number of hydrogen-bond donors (Lipinski definition) is 0. The van der Waals surface area contributed by atoms with Crippen LogP contribution >= 0.6 is 11.6 Å². The van der Waals surface area contributed by atoms with E-state index >= 15 is 0 Å². The Hall–Kier alpha value is -0.530. The minimum atomic E-state index is 0.106. The second-order valence-corrected chi connectivity index (χ2v) is 3.83. The molecule has 1 fully saturated rings.